The molecule has 0 saturated carbocycles. The summed E-state index contributed by atoms with van der Waals surface area (Å²) in [6.45, 7) is 0. The number of aromatic nitrogens is 8. The van der Waals surface area contributed by atoms with E-state index in [-0.39, 0.29) is 0 Å². The third kappa shape index (κ3) is 12.0. The van der Waals surface area contributed by atoms with E-state index in [2.05, 4.69) is 340 Å². The molecule has 2 spiro atoms. The SMILES string of the molecule is c1ccc(-c2cccc(-c3nc(-c4ccccc4)nc(-c4ccc(-c5nc6ccccc6c6c7c(ccc56)C5(c6ccccc6S7)c6ccccc6-c6ccccc65)cc4)n3)c2)cc1.c1ccc(-c2nc(-c3ccccc3)nc(-c3ccc(-c4ccc(-c5nc6ccccc6c6c7c(ccc56)C5(c6ccccc6S7)c6ccccc6-c6ccccc65)cc4)cc3)n2)cc1. The van der Waals surface area contributed by atoms with Gasteiger partial charge in [0.1, 0.15) is 0 Å². The number of nitrogens with zero attached hydrogens (tertiary/aromatic N) is 8. The molecule has 18 aromatic carbocycles. The molecule has 0 unspecified atom stereocenters. The van der Waals surface area contributed by atoms with Gasteiger partial charge in [0.2, 0.25) is 0 Å². The van der Waals surface area contributed by atoms with E-state index in [0.717, 1.165) is 105 Å². The minimum absolute atomic E-state index is 0.446. The molecule has 0 fully saturated rings. The Hall–Kier alpha value is -16.0. The third-order valence-corrected chi connectivity index (χ3v) is 28.4. The second-order valence-corrected chi connectivity index (χ2v) is 35.1. The first-order chi connectivity index (χ1) is 63.4. The molecule has 0 radical (unpaired) electrons. The van der Waals surface area contributed by atoms with Gasteiger partial charge in [0, 0.05) is 96.4 Å². The van der Waals surface area contributed by atoms with Gasteiger partial charge < -0.3 is 0 Å². The molecule has 0 N–H and O–H groups in total. The number of benzene rings is 18. The maximum Gasteiger partial charge on any atom is 0.164 e. The molecule has 0 saturated heterocycles. The first kappa shape index (κ1) is 74.6. The second kappa shape index (κ2) is 30.5. The van der Waals surface area contributed by atoms with Crippen molar-refractivity contribution in [3.05, 3.63) is 481 Å². The van der Waals surface area contributed by atoms with Gasteiger partial charge in [-0.25, -0.2) is 39.9 Å². The van der Waals surface area contributed by atoms with E-state index < -0.39 is 10.8 Å². The highest BCUT2D eigenvalue weighted by molar-refractivity contribution is 8.00. The number of rotatable bonds is 10. The van der Waals surface area contributed by atoms with Crippen LogP contribution in [0.1, 0.15) is 44.5 Å². The van der Waals surface area contributed by atoms with Crippen LogP contribution in [0.4, 0.5) is 0 Å². The van der Waals surface area contributed by atoms with Crippen molar-refractivity contribution in [3.63, 3.8) is 0 Å². The Morgan fingerprint density at radius 2 is 0.430 bits per heavy atom. The van der Waals surface area contributed by atoms with Crippen LogP contribution in [0.15, 0.2) is 456 Å². The summed E-state index contributed by atoms with van der Waals surface area (Å²) >= 11 is 3.79. The third-order valence-electron chi connectivity index (χ3n) is 26.0. The van der Waals surface area contributed by atoms with Crippen molar-refractivity contribution in [2.45, 2.75) is 30.4 Å². The van der Waals surface area contributed by atoms with Gasteiger partial charge in [-0.2, -0.15) is 0 Å². The average molecular weight is 1670 g/mol. The van der Waals surface area contributed by atoms with Gasteiger partial charge >= 0.3 is 0 Å². The summed E-state index contributed by atoms with van der Waals surface area (Å²) in [7, 11) is 0. The van der Waals surface area contributed by atoms with Gasteiger partial charge in [-0.3, -0.25) is 0 Å². The van der Waals surface area contributed by atoms with Crippen LogP contribution < -0.4 is 0 Å². The van der Waals surface area contributed by atoms with E-state index >= 15 is 0 Å². The monoisotopic (exact) mass is 1660 g/mol. The summed E-state index contributed by atoms with van der Waals surface area (Å²) in [6, 6.07) is 156. The maximum atomic E-state index is 5.42. The van der Waals surface area contributed by atoms with Crippen LogP contribution in [0, 0.1) is 0 Å². The van der Waals surface area contributed by atoms with Crippen molar-refractivity contribution >= 4 is 66.9 Å². The van der Waals surface area contributed by atoms with Crippen LogP contribution >= 0.6 is 23.5 Å². The Balaban J connectivity index is 0.000000139. The molecule has 0 amide bonds. The molecule has 4 aromatic heterocycles. The first-order valence-electron chi connectivity index (χ1n) is 43.3. The zero-order valence-electron chi connectivity index (χ0n) is 69.0. The quantitative estimate of drug-likeness (QED) is 0.123. The van der Waals surface area contributed by atoms with Gasteiger partial charge in [0.25, 0.3) is 0 Å². The molecular weight excluding hydrogens is 1590 g/mol. The average Bonchev–Trinajstić information content (AvgIpc) is 1.49. The highest BCUT2D eigenvalue weighted by atomic mass is 32.2. The van der Waals surface area contributed by atoms with E-state index in [1.54, 1.807) is 0 Å². The van der Waals surface area contributed by atoms with Crippen molar-refractivity contribution in [3.8, 4) is 135 Å². The fourth-order valence-corrected chi connectivity index (χ4v) is 23.0. The lowest BCUT2D eigenvalue weighted by molar-refractivity contribution is 0.726. The molecule has 22 aromatic rings. The standard InChI is InChI=1S/2C59H36N4S/c1-3-16-37(17-4-1)41-20-15-21-42(36-41)58-62-56(39-18-5-2-6-19-39)61-57(63-58)40-32-30-38(31-33-40)54-46-34-35-50-55(53(46)45-24-9-13-28-51(45)60-54)64-52-29-14-12-27-49(52)59(50)47-25-10-7-22-43(47)44-23-8-11-26-48(44)59;1-3-15-40(16-4-1)56-61-57(41-17-5-2-6-18-41)63-58(62-56)42-33-29-38(30-34-42)37-27-31-39(32-28-37)54-46-35-36-50-55(53(46)45-21-9-13-25-51(45)60-54)64-52-26-14-12-24-49(52)59(50)47-22-10-7-19-43(47)44-20-8-11-23-48(44)59/h2*1-36H. The molecule has 10 heteroatoms. The van der Waals surface area contributed by atoms with Gasteiger partial charge in [-0.1, -0.05) is 430 Å². The Bertz CT molecular complexity index is 8090. The van der Waals surface area contributed by atoms with Crippen molar-refractivity contribution in [2.24, 2.45) is 0 Å². The summed E-state index contributed by atoms with van der Waals surface area (Å²) in [6.07, 6.45) is 0. The highest BCUT2D eigenvalue weighted by Gasteiger charge is 2.52. The van der Waals surface area contributed by atoms with Crippen molar-refractivity contribution in [1.29, 1.82) is 0 Å². The molecule has 6 heterocycles. The minimum atomic E-state index is -0.463. The van der Waals surface area contributed by atoms with E-state index in [9.17, 15) is 0 Å². The van der Waals surface area contributed by atoms with Crippen LogP contribution in [0.3, 0.4) is 0 Å². The Labute approximate surface area is 748 Å². The lowest BCUT2D eigenvalue weighted by atomic mass is 9.67. The lowest BCUT2D eigenvalue weighted by Crippen LogP contribution is -2.32. The van der Waals surface area contributed by atoms with Crippen LogP contribution in [0.25, 0.3) is 179 Å². The molecule has 2 aliphatic heterocycles. The lowest BCUT2D eigenvalue weighted by Gasteiger charge is -2.40. The van der Waals surface area contributed by atoms with Crippen molar-refractivity contribution in [2.75, 3.05) is 0 Å². The summed E-state index contributed by atoms with van der Waals surface area (Å²) in [5.74, 6) is 3.81. The molecule has 128 heavy (non-hydrogen) atoms. The summed E-state index contributed by atoms with van der Waals surface area (Å²) in [5, 5.41) is 7.08. The van der Waals surface area contributed by atoms with Gasteiger partial charge in [-0.05, 0) is 119 Å². The Morgan fingerprint density at radius 3 is 0.805 bits per heavy atom. The smallest absolute Gasteiger partial charge is 0.164 e. The van der Waals surface area contributed by atoms with Crippen LogP contribution in [-0.2, 0) is 10.8 Å². The molecule has 596 valence electrons. The normalized spacial score (nSPS) is 13.1. The number of para-hydroxylation sites is 2. The fraction of sp³-hybridized carbons (Fsp3) is 0.0169. The number of hydrogen-bond donors (Lipinski definition) is 0. The highest BCUT2D eigenvalue weighted by Crippen LogP contribution is 2.66. The summed E-state index contributed by atoms with van der Waals surface area (Å²) in [4.78, 5) is 45.9. The largest absolute Gasteiger partial charge is 0.247 e. The van der Waals surface area contributed by atoms with E-state index in [1.807, 2.05) is 121 Å². The molecule has 4 aliphatic rings. The summed E-state index contributed by atoms with van der Waals surface area (Å²) in [5.41, 5.74) is 31.0. The predicted octanol–water partition coefficient (Wildman–Crippen LogP) is 29.5. The van der Waals surface area contributed by atoms with Crippen LogP contribution in [0.2, 0.25) is 0 Å². The van der Waals surface area contributed by atoms with E-state index in [4.69, 9.17) is 39.9 Å². The first-order valence-corrected chi connectivity index (χ1v) is 44.9. The maximum absolute atomic E-state index is 5.42. The minimum Gasteiger partial charge on any atom is -0.247 e. The van der Waals surface area contributed by atoms with E-state index in [1.165, 1.54) is 103 Å². The van der Waals surface area contributed by atoms with Crippen molar-refractivity contribution < 1.29 is 0 Å². The molecule has 8 nitrogen and oxygen atoms in total. The predicted molar refractivity (Wildman–Crippen MR) is 522 cm³/mol. The van der Waals surface area contributed by atoms with Crippen LogP contribution in [-0.4, -0.2) is 39.9 Å². The van der Waals surface area contributed by atoms with Gasteiger partial charge in [0.05, 0.1) is 33.3 Å². The molecule has 0 atom stereocenters. The van der Waals surface area contributed by atoms with E-state index in [0.29, 0.717) is 34.9 Å². The topological polar surface area (TPSA) is 103 Å². The van der Waals surface area contributed by atoms with Gasteiger partial charge in [0.15, 0.2) is 34.9 Å². The molecule has 26 rings (SSSR count). The Morgan fingerprint density at radius 1 is 0.164 bits per heavy atom. The number of hydrogen-bond acceptors (Lipinski definition) is 10. The summed E-state index contributed by atoms with van der Waals surface area (Å²) < 4.78 is 0. The fourth-order valence-electron chi connectivity index (χ4n) is 20.3. The van der Waals surface area contributed by atoms with Gasteiger partial charge in [-0.15, -0.1) is 0 Å². The molecular formula is C118H72N8S2. The zero-order valence-corrected chi connectivity index (χ0v) is 70.6. The number of pyridine rings is 2. The second-order valence-electron chi connectivity index (χ2n) is 33.0. The Kier molecular flexibility index (Phi) is 17.8. The van der Waals surface area contributed by atoms with Crippen molar-refractivity contribution in [1.82, 2.24) is 39.9 Å². The van der Waals surface area contributed by atoms with Crippen LogP contribution in [0.5, 0.6) is 0 Å². The number of fused-ring (bicyclic) bond motifs is 26. The zero-order chi connectivity index (χ0) is 84.4. The molecule has 0 bridgehead atoms. The molecule has 2 aliphatic carbocycles.